The van der Waals surface area contributed by atoms with Gasteiger partial charge in [-0.25, -0.2) is 9.07 Å². The number of nitrogens with one attached hydrogen (secondary N) is 1. The molecule has 1 amide bonds. The van der Waals surface area contributed by atoms with Crippen molar-refractivity contribution in [3.8, 4) is 5.69 Å². The van der Waals surface area contributed by atoms with Gasteiger partial charge in [0.15, 0.2) is 5.69 Å². The fourth-order valence-corrected chi connectivity index (χ4v) is 4.05. The third-order valence-electron chi connectivity index (χ3n) is 5.87. The molecule has 38 heavy (non-hydrogen) atoms. The number of aliphatic hydroxyl groups is 2. The van der Waals surface area contributed by atoms with Gasteiger partial charge in [-0.1, -0.05) is 50.3 Å². The summed E-state index contributed by atoms with van der Waals surface area (Å²) in [6, 6.07) is 14.9. The van der Waals surface area contributed by atoms with E-state index in [0.29, 0.717) is 16.9 Å². The molecule has 198 valence electrons. The summed E-state index contributed by atoms with van der Waals surface area (Å²) < 4.78 is 15.1. The van der Waals surface area contributed by atoms with Gasteiger partial charge in [0.2, 0.25) is 0 Å². The molecule has 0 aliphatic rings. The predicted octanol–water partition coefficient (Wildman–Crippen LogP) is 3.58. The first-order valence-electron chi connectivity index (χ1n) is 12.1. The van der Waals surface area contributed by atoms with Crippen LogP contribution in [0, 0.1) is 5.82 Å². The predicted molar refractivity (Wildman–Crippen MR) is 145 cm³/mol. The van der Waals surface area contributed by atoms with Crippen LogP contribution in [0.4, 0.5) is 4.39 Å². The molecule has 0 radical (unpaired) electrons. The van der Waals surface area contributed by atoms with Gasteiger partial charge in [0.25, 0.3) is 5.91 Å². The van der Waals surface area contributed by atoms with Crippen molar-refractivity contribution in [3.63, 3.8) is 0 Å². The summed E-state index contributed by atoms with van der Waals surface area (Å²) in [5.41, 5.74) is 2.77. The summed E-state index contributed by atoms with van der Waals surface area (Å²) in [6.45, 7) is 5.69. The Morgan fingerprint density at radius 3 is 2.26 bits per heavy atom. The van der Waals surface area contributed by atoms with E-state index in [0.717, 1.165) is 5.56 Å². The molecule has 0 saturated carbocycles. The van der Waals surface area contributed by atoms with Crippen LogP contribution in [0.3, 0.4) is 0 Å². The van der Waals surface area contributed by atoms with Crippen molar-refractivity contribution < 1.29 is 29.3 Å². The second-order valence-corrected chi connectivity index (χ2v) is 9.21. The zero-order chi connectivity index (χ0) is 27.1. The first-order valence-corrected chi connectivity index (χ1v) is 12.1. The van der Waals surface area contributed by atoms with E-state index in [-0.39, 0.29) is 59.5 Å². The molecule has 8 nitrogen and oxygen atoms in total. The minimum atomic E-state index is -1.22. The van der Waals surface area contributed by atoms with Gasteiger partial charge >= 0.3 is 35.5 Å². The fourth-order valence-electron chi connectivity index (χ4n) is 4.05. The molecule has 10 heteroatoms. The van der Waals surface area contributed by atoms with Gasteiger partial charge in [0, 0.05) is 12.0 Å². The van der Waals surface area contributed by atoms with Crippen LogP contribution in [0.25, 0.3) is 11.8 Å². The summed E-state index contributed by atoms with van der Waals surface area (Å²) in [4.78, 5) is 24.2. The molecule has 3 aromatic rings. The maximum atomic E-state index is 13.6. The molecule has 3 rings (SSSR count). The Hall–Kier alpha value is -2.82. The number of aliphatic hydroxyl groups excluding tert-OH is 2. The van der Waals surface area contributed by atoms with Crippen LogP contribution in [-0.2, 0) is 4.79 Å². The number of carbonyl (C=O) groups is 2. The maximum absolute atomic E-state index is 13.6. The van der Waals surface area contributed by atoms with Crippen molar-refractivity contribution in [2.75, 3.05) is 0 Å². The number of aromatic nitrogens is 2. The first kappa shape index (κ1) is 31.4. The summed E-state index contributed by atoms with van der Waals surface area (Å²) >= 11 is 0. The molecule has 0 spiro atoms. The van der Waals surface area contributed by atoms with E-state index in [9.17, 15) is 24.2 Å². The van der Waals surface area contributed by atoms with E-state index < -0.39 is 30.4 Å². The van der Waals surface area contributed by atoms with Gasteiger partial charge in [0.1, 0.15) is 5.82 Å². The Balaban J connectivity index is 0.00000507. The zero-order valence-electron chi connectivity index (χ0n) is 21.0. The number of aliphatic carboxylic acids is 1. The number of carbonyl (C=O) groups excluding carboxylic acids is 1. The van der Waals surface area contributed by atoms with Crippen molar-refractivity contribution in [2.24, 2.45) is 0 Å². The number of benzene rings is 2. The van der Waals surface area contributed by atoms with Gasteiger partial charge < -0.3 is 20.6 Å². The van der Waals surface area contributed by atoms with E-state index in [1.54, 1.807) is 6.08 Å². The fraction of sp³-hybridized carbons (Fsp3) is 0.321. The van der Waals surface area contributed by atoms with E-state index >= 15 is 0 Å². The van der Waals surface area contributed by atoms with Gasteiger partial charge in [-0.2, -0.15) is 5.10 Å². The van der Waals surface area contributed by atoms with Crippen LogP contribution in [0.2, 0.25) is 0 Å². The third-order valence-corrected chi connectivity index (χ3v) is 5.87. The van der Waals surface area contributed by atoms with Gasteiger partial charge in [0.05, 0.1) is 36.1 Å². The van der Waals surface area contributed by atoms with E-state index in [1.807, 2.05) is 51.1 Å². The Morgan fingerprint density at radius 1 is 1.05 bits per heavy atom. The topological polar surface area (TPSA) is 125 Å². The van der Waals surface area contributed by atoms with Crippen LogP contribution in [0.1, 0.15) is 72.9 Å². The van der Waals surface area contributed by atoms with E-state index in [4.69, 9.17) is 5.11 Å². The number of amides is 1. The van der Waals surface area contributed by atoms with Crippen molar-refractivity contribution in [1.82, 2.24) is 15.1 Å². The van der Waals surface area contributed by atoms with Crippen molar-refractivity contribution in [1.29, 1.82) is 0 Å². The Morgan fingerprint density at radius 2 is 1.68 bits per heavy atom. The molecule has 2 aromatic carbocycles. The standard InChI is InChI=1S/C28H32FN3O5.Na.H/c1-17(2)26-24(14-13-22(33)15-23(34)16-25(35)36)32(21-11-9-20(29)10-12-21)31-27(26)28(37)30-18(3)19-7-5-4-6-8-19;;/h4-14,17-18,22-23,33-34H,15-16H2,1-3H3,(H,30,37)(H,35,36);;/t18-,22+,23-;;/m1../s1. The second kappa shape index (κ2) is 14.4. The molecular formula is C28H33FN3NaO5. The van der Waals surface area contributed by atoms with Crippen LogP contribution in [0.15, 0.2) is 60.7 Å². The SMILES string of the molecule is CC(C)c1c(C(=O)N[C@H](C)c2ccccc2)nn(-c2ccc(F)cc2)c1C=C[C@H](O)C[C@@H](O)CC(=O)O.[NaH]. The molecule has 0 bridgehead atoms. The number of hydrogen-bond donors (Lipinski definition) is 4. The monoisotopic (exact) mass is 533 g/mol. The molecule has 0 aliphatic heterocycles. The Kier molecular flexibility index (Phi) is 11.9. The first-order chi connectivity index (χ1) is 17.6. The van der Waals surface area contributed by atoms with E-state index in [2.05, 4.69) is 10.4 Å². The average Bonchev–Trinajstić information content (AvgIpc) is 3.23. The number of hydrogen-bond acceptors (Lipinski definition) is 5. The quantitative estimate of drug-likeness (QED) is 0.279. The summed E-state index contributed by atoms with van der Waals surface area (Å²) in [5.74, 6) is -2.11. The number of carboxylic acid groups (broad SMARTS) is 1. The Labute approximate surface area is 243 Å². The second-order valence-electron chi connectivity index (χ2n) is 9.21. The summed E-state index contributed by atoms with van der Waals surface area (Å²) in [6.07, 6.45) is -0.0129. The van der Waals surface area contributed by atoms with E-state index in [1.165, 1.54) is 35.0 Å². The summed E-state index contributed by atoms with van der Waals surface area (Å²) in [7, 11) is 0. The van der Waals surface area contributed by atoms with Crippen molar-refractivity contribution in [3.05, 3.63) is 89.0 Å². The third kappa shape index (κ3) is 8.34. The van der Waals surface area contributed by atoms with Crippen LogP contribution < -0.4 is 5.32 Å². The van der Waals surface area contributed by atoms with Crippen LogP contribution in [0.5, 0.6) is 0 Å². The average molecular weight is 534 g/mol. The summed E-state index contributed by atoms with van der Waals surface area (Å²) in [5, 5.41) is 36.6. The zero-order valence-corrected chi connectivity index (χ0v) is 21.0. The molecule has 3 atom stereocenters. The molecule has 0 fully saturated rings. The van der Waals surface area contributed by atoms with Crippen LogP contribution in [-0.4, -0.2) is 78.7 Å². The minimum absolute atomic E-state index is 0. The van der Waals surface area contributed by atoms with Gasteiger partial charge in [-0.15, -0.1) is 0 Å². The number of nitrogens with zero attached hydrogens (tertiary/aromatic N) is 2. The number of rotatable bonds is 11. The molecule has 1 heterocycles. The van der Waals surface area contributed by atoms with Crippen molar-refractivity contribution >= 4 is 47.5 Å². The number of halogens is 1. The molecule has 4 N–H and O–H groups in total. The molecule has 1 aromatic heterocycles. The molecule has 0 aliphatic carbocycles. The molecular weight excluding hydrogens is 500 g/mol. The van der Waals surface area contributed by atoms with Crippen molar-refractivity contribution in [2.45, 2.75) is 57.8 Å². The Bertz CT molecular complexity index is 1250. The van der Waals surface area contributed by atoms with Crippen LogP contribution >= 0.6 is 0 Å². The molecule has 0 unspecified atom stereocenters. The normalized spacial score (nSPS) is 13.7. The number of carboxylic acids is 1. The molecule has 0 saturated heterocycles. The van der Waals surface area contributed by atoms with Gasteiger partial charge in [-0.3, -0.25) is 9.59 Å². The van der Waals surface area contributed by atoms with Gasteiger partial charge in [-0.05, 0) is 48.7 Å².